The summed E-state index contributed by atoms with van der Waals surface area (Å²) < 4.78 is 12.9. The van der Waals surface area contributed by atoms with Gasteiger partial charge >= 0.3 is 0 Å². The second-order valence-corrected chi connectivity index (χ2v) is 10.9. The standard InChI is InChI=1S/C36H25N3O2/c1-36(2)27-19-18-26-25-15-9-10-16-29(25)40-31(26)32(27)41-30-20-17-24(21-28(30)36)35-38-33(22-11-5-3-6-12-22)37-34(39-35)23-13-7-4-8-14-23/h3-21H,1-2H3. The molecule has 0 spiro atoms. The Hall–Kier alpha value is -5.29. The van der Waals surface area contributed by atoms with E-state index in [-0.39, 0.29) is 5.41 Å². The monoisotopic (exact) mass is 531 g/mol. The molecule has 0 N–H and O–H groups in total. The van der Waals surface area contributed by atoms with Crippen LogP contribution in [0.15, 0.2) is 120 Å². The molecule has 0 amide bonds. The zero-order valence-corrected chi connectivity index (χ0v) is 22.6. The lowest BCUT2D eigenvalue weighted by Crippen LogP contribution is -2.24. The third kappa shape index (κ3) is 3.74. The molecule has 5 heteroatoms. The molecular formula is C36H25N3O2. The number of furan rings is 1. The van der Waals surface area contributed by atoms with Crippen LogP contribution in [0.5, 0.6) is 11.5 Å². The number of rotatable bonds is 3. The summed E-state index contributed by atoms with van der Waals surface area (Å²) in [6, 6.07) is 38.7. The fourth-order valence-corrected chi connectivity index (χ4v) is 5.80. The number of ether oxygens (including phenoxy) is 1. The van der Waals surface area contributed by atoms with Crippen molar-refractivity contribution in [3.05, 3.63) is 126 Å². The molecule has 0 aliphatic carbocycles. The molecule has 2 aromatic heterocycles. The van der Waals surface area contributed by atoms with Gasteiger partial charge in [-0.05, 0) is 30.3 Å². The van der Waals surface area contributed by atoms with Crippen molar-refractivity contribution < 1.29 is 9.15 Å². The Morgan fingerprint density at radius 2 is 1.15 bits per heavy atom. The highest BCUT2D eigenvalue weighted by Gasteiger charge is 2.36. The second kappa shape index (κ2) is 8.86. The van der Waals surface area contributed by atoms with E-state index < -0.39 is 0 Å². The quantitative estimate of drug-likeness (QED) is 0.227. The van der Waals surface area contributed by atoms with Crippen LogP contribution < -0.4 is 4.74 Å². The predicted octanol–water partition coefficient (Wildman–Crippen LogP) is 9.20. The summed E-state index contributed by atoms with van der Waals surface area (Å²) >= 11 is 0. The van der Waals surface area contributed by atoms with Crippen molar-refractivity contribution in [2.24, 2.45) is 0 Å². The first-order valence-electron chi connectivity index (χ1n) is 13.7. The van der Waals surface area contributed by atoms with E-state index in [1.807, 2.05) is 91.0 Å². The van der Waals surface area contributed by atoms with E-state index >= 15 is 0 Å². The summed E-state index contributed by atoms with van der Waals surface area (Å²) in [5.41, 5.74) is 6.24. The van der Waals surface area contributed by atoms with Gasteiger partial charge in [0.15, 0.2) is 28.8 Å². The van der Waals surface area contributed by atoms with Gasteiger partial charge in [-0.1, -0.05) is 98.8 Å². The van der Waals surface area contributed by atoms with Gasteiger partial charge in [-0.2, -0.15) is 0 Å². The molecule has 3 heterocycles. The summed E-state index contributed by atoms with van der Waals surface area (Å²) in [4.78, 5) is 14.7. The third-order valence-electron chi connectivity index (χ3n) is 8.00. The number of aromatic nitrogens is 3. The topological polar surface area (TPSA) is 61.0 Å². The molecule has 0 unspecified atom stereocenters. The second-order valence-electron chi connectivity index (χ2n) is 10.9. The summed E-state index contributed by atoms with van der Waals surface area (Å²) in [5, 5.41) is 2.15. The molecule has 5 aromatic carbocycles. The lowest BCUT2D eigenvalue weighted by molar-refractivity contribution is 0.415. The van der Waals surface area contributed by atoms with E-state index in [0.717, 1.165) is 61.3 Å². The maximum absolute atomic E-state index is 6.59. The highest BCUT2D eigenvalue weighted by atomic mass is 16.5. The Labute approximate surface area is 237 Å². The molecule has 0 bridgehead atoms. The van der Waals surface area contributed by atoms with Crippen LogP contribution >= 0.6 is 0 Å². The fraction of sp³-hybridized carbons (Fsp3) is 0.0833. The first-order chi connectivity index (χ1) is 20.1. The van der Waals surface area contributed by atoms with Gasteiger partial charge in [0, 0.05) is 44.0 Å². The predicted molar refractivity (Wildman–Crippen MR) is 162 cm³/mol. The maximum Gasteiger partial charge on any atom is 0.178 e. The van der Waals surface area contributed by atoms with Crippen molar-refractivity contribution in [2.75, 3.05) is 0 Å². The molecule has 41 heavy (non-hydrogen) atoms. The van der Waals surface area contributed by atoms with E-state index in [0.29, 0.717) is 17.5 Å². The number of hydrogen-bond donors (Lipinski definition) is 0. The molecule has 0 saturated heterocycles. The highest BCUT2D eigenvalue weighted by molar-refractivity contribution is 6.07. The summed E-state index contributed by atoms with van der Waals surface area (Å²) in [7, 11) is 0. The number of fused-ring (bicyclic) bond motifs is 6. The van der Waals surface area contributed by atoms with Crippen LogP contribution in [-0.2, 0) is 5.41 Å². The van der Waals surface area contributed by atoms with Gasteiger partial charge in [0.25, 0.3) is 0 Å². The summed E-state index contributed by atoms with van der Waals surface area (Å²) in [5.74, 6) is 3.48. The van der Waals surface area contributed by atoms with Crippen molar-refractivity contribution in [1.82, 2.24) is 15.0 Å². The van der Waals surface area contributed by atoms with Crippen LogP contribution in [0.1, 0.15) is 25.0 Å². The molecule has 1 aliphatic heterocycles. The number of hydrogen-bond acceptors (Lipinski definition) is 5. The normalized spacial score (nSPS) is 13.5. The minimum Gasteiger partial charge on any atom is -0.453 e. The van der Waals surface area contributed by atoms with Crippen LogP contribution in [-0.4, -0.2) is 15.0 Å². The van der Waals surface area contributed by atoms with E-state index in [9.17, 15) is 0 Å². The van der Waals surface area contributed by atoms with Crippen LogP contribution in [0.4, 0.5) is 0 Å². The van der Waals surface area contributed by atoms with Crippen molar-refractivity contribution in [3.63, 3.8) is 0 Å². The highest BCUT2D eigenvalue weighted by Crippen LogP contribution is 2.52. The van der Waals surface area contributed by atoms with Crippen molar-refractivity contribution in [2.45, 2.75) is 19.3 Å². The molecule has 5 nitrogen and oxygen atoms in total. The average Bonchev–Trinajstić information content (AvgIpc) is 3.41. The fourth-order valence-electron chi connectivity index (χ4n) is 5.80. The molecule has 0 atom stereocenters. The number of para-hydroxylation sites is 1. The van der Waals surface area contributed by atoms with E-state index in [1.54, 1.807) is 0 Å². The average molecular weight is 532 g/mol. The van der Waals surface area contributed by atoms with E-state index in [1.165, 1.54) is 0 Å². The lowest BCUT2D eigenvalue weighted by atomic mass is 9.75. The van der Waals surface area contributed by atoms with Crippen molar-refractivity contribution >= 4 is 21.9 Å². The van der Waals surface area contributed by atoms with Gasteiger partial charge in [0.2, 0.25) is 0 Å². The van der Waals surface area contributed by atoms with Crippen LogP contribution in [0.3, 0.4) is 0 Å². The minimum atomic E-state index is -0.344. The van der Waals surface area contributed by atoms with Crippen LogP contribution in [0.25, 0.3) is 56.1 Å². The third-order valence-corrected chi connectivity index (χ3v) is 8.00. The molecule has 7 aromatic rings. The molecule has 0 fully saturated rings. The SMILES string of the molecule is CC1(C)c2cc(-c3nc(-c4ccccc4)nc(-c4ccccc4)n3)ccc2Oc2c1ccc1c2oc2ccccc21. The Morgan fingerprint density at radius 1 is 0.537 bits per heavy atom. The number of benzene rings is 5. The molecule has 196 valence electrons. The molecule has 8 rings (SSSR count). The van der Waals surface area contributed by atoms with Gasteiger partial charge in [0.1, 0.15) is 11.3 Å². The van der Waals surface area contributed by atoms with Gasteiger partial charge in [-0.15, -0.1) is 0 Å². The molecule has 0 saturated carbocycles. The van der Waals surface area contributed by atoms with Gasteiger partial charge in [-0.25, -0.2) is 15.0 Å². The lowest BCUT2D eigenvalue weighted by Gasteiger charge is -2.34. The number of nitrogens with zero attached hydrogens (tertiary/aromatic N) is 3. The molecular weight excluding hydrogens is 506 g/mol. The van der Waals surface area contributed by atoms with Crippen LogP contribution in [0.2, 0.25) is 0 Å². The van der Waals surface area contributed by atoms with Crippen LogP contribution in [0, 0.1) is 0 Å². The minimum absolute atomic E-state index is 0.344. The van der Waals surface area contributed by atoms with Gasteiger partial charge < -0.3 is 9.15 Å². The zero-order valence-electron chi connectivity index (χ0n) is 22.6. The Kier molecular flexibility index (Phi) is 5.10. The summed E-state index contributed by atoms with van der Waals surface area (Å²) in [6.45, 7) is 4.45. The first kappa shape index (κ1) is 23.6. The maximum atomic E-state index is 6.59. The summed E-state index contributed by atoms with van der Waals surface area (Å²) in [6.07, 6.45) is 0. The Morgan fingerprint density at radius 3 is 1.83 bits per heavy atom. The van der Waals surface area contributed by atoms with Gasteiger partial charge in [-0.3, -0.25) is 0 Å². The molecule has 1 aliphatic rings. The Balaban J connectivity index is 1.28. The largest absolute Gasteiger partial charge is 0.453 e. The molecule has 0 radical (unpaired) electrons. The Bertz CT molecular complexity index is 2040. The van der Waals surface area contributed by atoms with E-state index in [2.05, 4.69) is 38.1 Å². The van der Waals surface area contributed by atoms with E-state index in [4.69, 9.17) is 24.1 Å². The van der Waals surface area contributed by atoms with Crippen molar-refractivity contribution in [1.29, 1.82) is 0 Å². The zero-order chi connectivity index (χ0) is 27.6. The smallest absolute Gasteiger partial charge is 0.178 e. The van der Waals surface area contributed by atoms with Gasteiger partial charge in [0.05, 0.1) is 0 Å². The first-order valence-corrected chi connectivity index (χ1v) is 13.7. The van der Waals surface area contributed by atoms with Crippen molar-refractivity contribution in [3.8, 4) is 45.7 Å².